The molecule has 1 saturated heterocycles. The number of nitrogens with zero attached hydrogens (tertiary/aromatic N) is 3. The molecule has 0 unspecified atom stereocenters. The van der Waals surface area contributed by atoms with Crippen LogP contribution in [0.4, 0.5) is 4.79 Å². The van der Waals surface area contributed by atoms with Gasteiger partial charge in [-0.25, -0.2) is 18.2 Å². The number of hydrogen-bond acceptors (Lipinski definition) is 6. The van der Waals surface area contributed by atoms with Crippen molar-refractivity contribution in [1.29, 1.82) is 0 Å². The Kier molecular flexibility index (Phi) is 4.18. The zero-order valence-electron chi connectivity index (χ0n) is 12.3. The lowest BCUT2D eigenvalue weighted by Crippen LogP contribution is -2.36. The van der Waals surface area contributed by atoms with Gasteiger partial charge in [-0.15, -0.1) is 0 Å². The predicted molar refractivity (Wildman–Crippen MR) is 75.4 cm³/mol. The number of sulfone groups is 1. The van der Waals surface area contributed by atoms with Crippen molar-refractivity contribution in [2.24, 2.45) is 0 Å². The molecule has 0 N–H and O–H groups in total. The van der Waals surface area contributed by atoms with E-state index < -0.39 is 26.8 Å². The Hall–Kier alpha value is -1.70. The van der Waals surface area contributed by atoms with E-state index in [2.05, 4.69) is 9.97 Å². The van der Waals surface area contributed by atoms with Crippen LogP contribution in [0.2, 0.25) is 0 Å². The van der Waals surface area contributed by atoms with Gasteiger partial charge in [0.1, 0.15) is 5.60 Å². The lowest BCUT2D eigenvalue weighted by atomic mass is 10.2. The highest BCUT2D eigenvalue weighted by Crippen LogP contribution is 2.23. The molecule has 116 valence electrons. The first-order chi connectivity index (χ1) is 9.70. The summed E-state index contributed by atoms with van der Waals surface area (Å²) in [5, 5.41) is -0.720. The standard InChI is InChI=1S/C13H19N3O4S/c1-13(2,3)20-12(17)16-7-4-10(9-16)21(18,19)11-8-14-5-6-15-11/h5-6,8,10H,4,7,9H2,1-3H3/t10-/m0/s1. The lowest BCUT2D eigenvalue weighted by molar-refractivity contribution is 0.0295. The Morgan fingerprint density at radius 3 is 2.67 bits per heavy atom. The molecule has 0 bridgehead atoms. The summed E-state index contributed by atoms with van der Waals surface area (Å²) in [5.74, 6) is 0. The predicted octanol–water partition coefficient (Wildman–Crippen LogP) is 1.26. The average molecular weight is 313 g/mol. The van der Waals surface area contributed by atoms with Gasteiger partial charge in [-0.2, -0.15) is 0 Å². The van der Waals surface area contributed by atoms with Crippen LogP contribution in [0.3, 0.4) is 0 Å². The summed E-state index contributed by atoms with van der Waals surface area (Å²) in [6, 6.07) is 0. The van der Waals surface area contributed by atoms with E-state index in [-0.39, 0.29) is 11.6 Å². The summed E-state index contributed by atoms with van der Waals surface area (Å²) in [5.41, 5.74) is -0.598. The summed E-state index contributed by atoms with van der Waals surface area (Å²) >= 11 is 0. The molecule has 1 fully saturated rings. The van der Waals surface area contributed by atoms with Crippen molar-refractivity contribution in [3.8, 4) is 0 Å². The highest BCUT2D eigenvalue weighted by molar-refractivity contribution is 7.92. The molecule has 0 saturated carbocycles. The third-order valence-corrected chi connectivity index (χ3v) is 5.12. The van der Waals surface area contributed by atoms with Gasteiger partial charge in [0.15, 0.2) is 5.03 Å². The third kappa shape index (κ3) is 3.69. The maximum absolute atomic E-state index is 12.4. The van der Waals surface area contributed by atoms with Crippen LogP contribution in [0.25, 0.3) is 0 Å². The summed E-state index contributed by atoms with van der Waals surface area (Å²) in [6.45, 7) is 5.80. The molecule has 0 radical (unpaired) electrons. The number of hydrogen-bond donors (Lipinski definition) is 0. The van der Waals surface area contributed by atoms with E-state index in [0.717, 1.165) is 0 Å². The monoisotopic (exact) mass is 313 g/mol. The molecule has 1 atom stereocenters. The minimum atomic E-state index is -3.57. The van der Waals surface area contributed by atoms with E-state index in [0.29, 0.717) is 13.0 Å². The second-order valence-electron chi connectivity index (χ2n) is 5.93. The molecule has 1 aliphatic rings. The topological polar surface area (TPSA) is 89.5 Å². The minimum absolute atomic E-state index is 0.0546. The number of aromatic nitrogens is 2. The van der Waals surface area contributed by atoms with Gasteiger partial charge in [-0.05, 0) is 27.2 Å². The fourth-order valence-corrected chi connectivity index (χ4v) is 3.63. The van der Waals surface area contributed by atoms with Crippen LogP contribution in [-0.4, -0.2) is 53.3 Å². The number of likely N-dealkylation sites (tertiary alicyclic amines) is 1. The van der Waals surface area contributed by atoms with Gasteiger partial charge in [-0.1, -0.05) is 0 Å². The van der Waals surface area contributed by atoms with Gasteiger partial charge >= 0.3 is 6.09 Å². The van der Waals surface area contributed by atoms with E-state index >= 15 is 0 Å². The van der Waals surface area contributed by atoms with Crippen molar-refractivity contribution in [2.75, 3.05) is 13.1 Å². The maximum atomic E-state index is 12.4. The first-order valence-corrected chi connectivity index (χ1v) is 8.22. The van der Waals surface area contributed by atoms with Crippen molar-refractivity contribution >= 4 is 15.9 Å². The van der Waals surface area contributed by atoms with E-state index in [9.17, 15) is 13.2 Å². The Morgan fingerprint density at radius 2 is 2.10 bits per heavy atom. The molecule has 2 heterocycles. The van der Waals surface area contributed by atoms with Gasteiger partial charge in [0.25, 0.3) is 0 Å². The fraction of sp³-hybridized carbons (Fsp3) is 0.615. The quantitative estimate of drug-likeness (QED) is 0.816. The molecule has 21 heavy (non-hydrogen) atoms. The van der Waals surface area contributed by atoms with Crippen LogP contribution < -0.4 is 0 Å². The normalized spacial score (nSPS) is 19.6. The minimum Gasteiger partial charge on any atom is -0.444 e. The highest BCUT2D eigenvalue weighted by Gasteiger charge is 2.38. The molecule has 0 spiro atoms. The highest BCUT2D eigenvalue weighted by atomic mass is 32.2. The van der Waals surface area contributed by atoms with E-state index in [1.807, 2.05) is 0 Å². The molecule has 7 nitrogen and oxygen atoms in total. The van der Waals surface area contributed by atoms with Crippen LogP contribution in [0, 0.1) is 0 Å². The Morgan fingerprint density at radius 1 is 1.38 bits per heavy atom. The molecule has 0 aromatic carbocycles. The zero-order valence-corrected chi connectivity index (χ0v) is 13.1. The van der Waals surface area contributed by atoms with Gasteiger partial charge < -0.3 is 9.64 Å². The smallest absolute Gasteiger partial charge is 0.410 e. The lowest BCUT2D eigenvalue weighted by Gasteiger charge is -2.24. The Bertz CT molecular complexity index is 610. The fourth-order valence-electron chi connectivity index (χ4n) is 2.08. The van der Waals surface area contributed by atoms with E-state index in [4.69, 9.17) is 4.74 Å². The van der Waals surface area contributed by atoms with E-state index in [1.54, 1.807) is 20.8 Å². The Balaban J connectivity index is 2.07. The van der Waals surface area contributed by atoms with Crippen molar-refractivity contribution in [2.45, 2.75) is 43.1 Å². The van der Waals surface area contributed by atoms with Crippen LogP contribution in [-0.2, 0) is 14.6 Å². The largest absolute Gasteiger partial charge is 0.444 e. The second-order valence-corrected chi connectivity index (χ2v) is 8.10. The summed E-state index contributed by atoms with van der Waals surface area (Å²) in [7, 11) is -3.57. The number of ether oxygens (including phenoxy) is 1. The molecular formula is C13H19N3O4S. The van der Waals surface area contributed by atoms with Crippen molar-refractivity contribution < 1.29 is 17.9 Å². The molecule has 0 aliphatic carbocycles. The number of rotatable bonds is 2. The zero-order chi connectivity index (χ0) is 15.7. The van der Waals surface area contributed by atoms with E-state index in [1.165, 1.54) is 23.5 Å². The van der Waals surface area contributed by atoms with Crippen molar-refractivity contribution in [3.05, 3.63) is 18.6 Å². The van der Waals surface area contributed by atoms with Crippen LogP contribution >= 0.6 is 0 Å². The first kappa shape index (κ1) is 15.7. The van der Waals surface area contributed by atoms with Gasteiger partial charge in [0.2, 0.25) is 9.84 Å². The summed E-state index contributed by atoms with van der Waals surface area (Å²) in [6.07, 6.45) is 3.87. The number of amides is 1. The summed E-state index contributed by atoms with van der Waals surface area (Å²) in [4.78, 5) is 21.0. The van der Waals surface area contributed by atoms with Crippen LogP contribution in [0.15, 0.2) is 23.6 Å². The summed E-state index contributed by atoms with van der Waals surface area (Å²) < 4.78 is 30.1. The van der Waals surface area contributed by atoms with Crippen molar-refractivity contribution in [3.63, 3.8) is 0 Å². The molecule has 1 aliphatic heterocycles. The van der Waals surface area contributed by atoms with Gasteiger partial charge in [0.05, 0.1) is 11.4 Å². The van der Waals surface area contributed by atoms with Gasteiger partial charge in [0, 0.05) is 25.5 Å². The number of carbonyl (C=O) groups excluding carboxylic acids is 1. The molecule has 8 heteroatoms. The Labute approximate surface area is 124 Å². The molecule has 1 amide bonds. The maximum Gasteiger partial charge on any atom is 0.410 e. The molecule has 2 rings (SSSR count). The average Bonchev–Trinajstić information content (AvgIpc) is 2.88. The van der Waals surface area contributed by atoms with Crippen LogP contribution in [0.5, 0.6) is 0 Å². The number of carbonyl (C=O) groups is 1. The third-order valence-electron chi connectivity index (χ3n) is 3.07. The molecule has 1 aromatic heterocycles. The second kappa shape index (κ2) is 5.59. The van der Waals surface area contributed by atoms with Gasteiger partial charge in [-0.3, -0.25) is 4.98 Å². The van der Waals surface area contributed by atoms with Crippen LogP contribution in [0.1, 0.15) is 27.2 Å². The molecule has 1 aromatic rings. The first-order valence-electron chi connectivity index (χ1n) is 6.68. The molecular weight excluding hydrogens is 294 g/mol. The SMILES string of the molecule is CC(C)(C)OC(=O)N1CC[C@H](S(=O)(=O)c2cnccn2)C1. The van der Waals surface area contributed by atoms with Crippen molar-refractivity contribution in [1.82, 2.24) is 14.9 Å².